The summed E-state index contributed by atoms with van der Waals surface area (Å²) in [6.45, 7) is 1.75. The second-order valence-electron chi connectivity index (χ2n) is 4.83. The Morgan fingerprint density at radius 2 is 2.00 bits per heavy atom. The lowest BCUT2D eigenvalue weighted by Gasteiger charge is -2.09. The Balaban J connectivity index is 2.22. The topological polar surface area (TPSA) is 88.0 Å². The van der Waals surface area contributed by atoms with Crippen molar-refractivity contribution in [2.75, 3.05) is 14.2 Å². The van der Waals surface area contributed by atoms with Gasteiger partial charge in [0.25, 0.3) is 5.56 Å². The van der Waals surface area contributed by atoms with Gasteiger partial charge in [0.05, 0.1) is 19.6 Å². The summed E-state index contributed by atoms with van der Waals surface area (Å²) in [7, 11) is 3.10. The van der Waals surface area contributed by atoms with Crippen molar-refractivity contribution >= 4 is 21.6 Å². The van der Waals surface area contributed by atoms with Crippen molar-refractivity contribution in [3.8, 4) is 29.0 Å². The molecule has 0 bridgehead atoms. The summed E-state index contributed by atoms with van der Waals surface area (Å²) in [6, 6.07) is 7.38. The zero-order valence-electron chi connectivity index (χ0n) is 12.8. The fourth-order valence-electron chi connectivity index (χ4n) is 2.37. The van der Waals surface area contributed by atoms with Gasteiger partial charge in [0, 0.05) is 5.56 Å². The highest BCUT2D eigenvalue weighted by molar-refractivity contribution is 7.19. The molecule has 0 aliphatic heterocycles. The summed E-state index contributed by atoms with van der Waals surface area (Å²) >= 11 is 1.22. The Labute approximate surface area is 135 Å². The number of nitrogens with one attached hydrogen (secondary N) is 1. The van der Waals surface area contributed by atoms with E-state index >= 15 is 0 Å². The van der Waals surface area contributed by atoms with E-state index in [4.69, 9.17) is 14.7 Å². The van der Waals surface area contributed by atoms with Crippen LogP contribution in [0.15, 0.2) is 23.0 Å². The second-order valence-corrected chi connectivity index (χ2v) is 5.83. The molecule has 0 aliphatic carbocycles. The molecule has 1 N–H and O–H groups in total. The number of nitriles is 1. The molecule has 116 valence electrons. The molecule has 2 aromatic heterocycles. The molecule has 7 heteroatoms. The van der Waals surface area contributed by atoms with Crippen molar-refractivity contribution in [1.29, 1.82) is 5.26 Å². The van der Waals surface area contributed by atoms with E-state index in [1.165, 1.54) is 11.3 Å². The molecule has 0 atom stereocenters. The fourth-order valence-corrected chi connectivity index (χ4v) is 3.35. The summed E-state index contributed by atoms with van der Waals surface area (Å²) in [5.41, 5.74) is 1.11. The fraction of sp³-hybridized carbons (Fsp3) is 0.188. The third-order valence-electron chi connectivity index (χ3n) is 3.56. The molecular formula is C16H13N3O3S. The highest BCUT2D eigenvalue weighted by Gasteiger charge is 2.15. The van der Waals surface area contributed by atoms with Gasteiger partial charge in [0.2, 0.25) is 0 Å². The van der Waals surface area contributed by atoms with Crippen molar-refractivity contribution in [3.05, 3.63) is 39.0 Å². The number of aromatic nitrogens is 2. The number of hydrogen-bond acceptors (Lipinski definition) is 6. The molecule has 0 fully saturated rings. The number of benzene rings is 1. The number of H-pyrrole nitrogens is 1. The minimum atomic E-state index is -0.255. The van der Waals surface area contributed by atoms with Gasteiger partial charge in [-0.2, -0.15) is 5.26 Å². The number of nitrogens with zero attached hydrogens (tertiary/aromatic N) is 2. The van der Waals surface area contributed by atoms with E-state index in [0.717, 1.165) is 0 Å². The van der Waals surface area contributed by atoms with Crippen molar-refractivity contribution in [2.45, 2.75) is 6.92 Å². The molecule has 0 spiro atoms. The first-order valence-corrected chi connectivity index (χ1v) is 7.56. The second kappa shape index (κ2) is 5.74. The summed E-state index contributed by atoms with van der Waals surface area (Å²) in [5, 5.41) is 9.58. The van der Waals surface area contributed by atoms with E-state index in [1.807, 2.05) is 0 Å². The Morgan fingerprint density at radius 1 is 1.26 bits per heavy atom. The lowest BCUT2D eigenvalue weighted by atomic mass is 10.1. The van der Waals surface area contributed by atoms with E-state index in [0.29, 0.717) is 43.5 Å². The number of rotatable bonds is 3. The van der Waals surface area contributed by atoms with Gasteiger partial charge < -0.3 is 14.5 Å². The molecule has 0 radical (unpaired) electrons. The molecule has 23 heavy (non-hydrogen) atoms. The van der Waals surface area contributed by atoms with Crippen molar-refractivity contribution in [2.24, 2.45) is 0 Å². The third-order valence-corrected chi connectivity index (χ3v) is 4.65. The molecule has 3 rings (SSSR count). The van der Waals surface area contributed by atoms with Gasteiger partial charge in [-0.25, -0.2) is 4.98 Å². The summed E-state index contributed by atoms with van der Waals surface area (Å²) in [5.74, 6) is 1.57. The molecule has 0 saturated heterocycles. The third kappa shape index (κ3) is 2.43. The molecule has 0 aliphatic rings. The molecule has 3 aromatic rings. The number of fused-ring (bicyclic) bond motifs is 1. The van der Waals surface area contributed by atoms with Crippen molar-refractivity contribution in [1.82, 2.24) is 9.97 Å². The van der Waals surface area contributed by atoms with Gasteiger partial charge in [-0.3, -0.25) is 4.79 Å². The van der Waals surface area contributed by atoms with Crippen LogP contribution in [0.1, 0.15) is 10.4 Å². The Morgan fingerprint density at radius 3 is 2.65 bits per heavy atom. The molecule has 0 amide bonds. The van der Waals surface area contributed by atoms with Gasteiger partial charge in [-0.15, -0.1) is 11.3 Å². The van der Waals surface area contributed by atoms with Crippen LogP contribution < -0.4 is 15.0 Å². The molecule has 6 nitrogen and oxygen atoms in total. The quantitative estimate of drug-likeness (QED) is 0.799. The van der Waals surface area contributed by atoms with E-state index in [1.54, 1.807) is 39.3 Å². The zero-order chi connectivity index (χ0) is 16.6. The number of aromatic amines is 1. The lowest BCUT2D eigenvalue weighted by molar-refractivity contribution is 0.355. The van der Waals surface area contributed by atoms with Crippen LogP contribution in [0.3, 0.4) is 0 Å². The number of ether oxygens (including phenoxy) is 2. The van der Waals surface area contributed by atoms with E-state index in [9.17, 15) is 4.79 Å². The first-order chi connectivity index (χ1) is 11.1. The van der Waals surface area contributed by atoms with Crippen LogP contribution in [0.5, 0.6) is 11.5 Å². The van der Waals surface area contributed by atoms with Crippen LogP contribution in [0.25, 0.3) is 21.6 Å². The Bertz CT molecular complexity index is 998. The first kappa shape index (κ1) is 15.1. The Hall–Kier alpha value is -2.85. The van der Waals surface area contributed by atoms with Crippen LogP contribution in [0, 0.1) is 18.3 Å². The number of hydrogen-bond donors (Lipinski definition) is 1. The van der Waals surface area contributed by atoms with Crippen LogP contribution >= 0.6 is 11.3 Å². The monoisotopic (exact) mass is 327 g/mol. The molecule has 0 saturated carbocycles. The van der Waals surface area contributed by atoms with Gasteiger partial charge in [0.1, 0.15) is 21.6 Å². The maximum Gasteiger partial charge on any atom is 0.260 e. The van der Waals surface area contributed by atoms with Crippen molar-refractivity contribution in [3.63, 3.8) is 0 Å². The van der Waals surface area contributed by atoms with Gasteiger partial charge in [0.15, 0.2) is 11.5 Å². The smallest absolute Gasteiger partial charge is 0.260 e. The average molecular weight is 327 g/mol. The normalized spacial score (nSPS) is 10.5. The van der Waals surface area contributed by atoms with Crippen LogP contribution in [0.2, 0.25) is 0 Å². The van der Waals surface area contributed by atoms with E-state index in [-0.39, 0.29) is 5.56 Å². The zero-order valence-corrected chi connectivity index (χ0v) is 13.6. The maximum atomic E-state index is 12.3. The number of methoxy groups -OCH3 is 2. The highest BCUT2D eigenvalue weighted by Crippen LogP contribution is 2.32. The standard InChI is InChI=1S/C16H13N3O3S/c1-8-12(7-17)23-16-13(8)15(20)18-14(19-16)9-4-5-10(21-2)11(6-9)22-3/h4-6H,1-3H3,(H,18,19,20). The molecule has 0 unspecified atom stereocenters. The summed E-state index contributed by atoms with van der Waals surface area (Å²) < 4.78 is 10.5. The first-order valence-electron chi connectivity index (χ1n) is 6.75. The number of aryl methyl sites for hydroxylation is 1. The molecular weight excluding hydrogens is 314 g/mol. The predicted molar refractivity (Wildman–Crippen MR) is 88.2 cm³/mol. The van der Waals surface area contributed by atoms with Gasteiger partial charge in [-0.05, 0) is 30.7 Å². The van der Waals surface area contributed by atoms with E-state index in [2.05, 4.69) is 16.0 Å². The van der Waals surface area contributed by atoms with Gasteiger partial charge in [-0.1, -0.05) is 0 Å². The maximum absolute atomic E-state index is 12.3. The minimum absolute atomic E-state index is 0.255. The molecule has 1 aromatic carbocycles. The largest absolute Gasteiger partial charge is 0.493 e. The van der Waals surface area contributed by atoms with Crippen LogP contribution in [0.4, 0.5) is 0 Å². The van der Waals surface area contributed by atoms with Crippen LogP contribution in [-0.4, -0.2) is 24.2 Å². The van der Waals surface area contributed by atoms with Crippen molar-refractivity contribution < 1.29 is 9.47 Å². The Kier molecular flexibility index (Phi) is 3.76. The summed E-state index contributed by atoms with van der Waals surface area (Å²) in [4.78, 5) is 20.6. The SMILES string of the molecule is COc1ccc(-c2nc3sc(C#N)c(C)c3c(=O)[nH]2)cc1OC. The van der Waals surface area contributed by atoms with Crippen LogP contribution in [-0.2, 0) is 0 Å². The van der Waals surface area contributed by atoms with E-state index < -0.39 is 0 Å². The summed E-state index contributed by atoms with van der Waals surface area (Å²) in [6.07, 6.45) is 0. The minimum Gasteiger partial charge on any atom is -0.493 e. The highest BCUT2D eigenvalue weighted by atomic mass is 32.1. The van der Waals surface area contributed by atoms with Gasteiger partial charge >= 0.3 is 0 Å². The lowest BCUT2D eigenvalue weighted by Crippen LogP contribution is -2.09. The predicted octanol–water partition coefficient (Wildman–Crippen LogP) is 2.85. The average Bonchev–Trinajstić information content (AvgIpc) is 2.90. The molecule has 2 heterocycles. The number of thiophene rings is 1.